The molecule has 0 spiro atoms. The number of methoxy groups -OCH3 is 1. The SMILES string of the molecule is COc1cccc(CN2CCC(C(=O)O)CC2)c1OCCC(C)C. The Bertz CT molecular complexity index is 536. The molecule has 0 bridgehead atoms. The number of carboxylic acid groups (broad SMARTS) is 1. The molecule has 24 heavy (non-hydrogen) atoms. The molecule has 0 aromatic heterocycles. The number of hydrogen-bond donors (Lipinski definition) is 1. The van der Waals surface area contributed by atoms with E-state index in [0.717, 1.165) is 43.1 Å². The molecule has 5 nitrogen and oxygen atoms in total. The summed E-state index contributed by atoms with van der Waals surface area (Å²) in [7, 11) is 1.66. The van der Waals surface area contributed by atoms with Gasteiger partial charge in [-0.1, -0.05) is 26.0 Å². The van der Waals surface area contributed by atoms with Crippen LogP contribution in [0.2, 0.25) is 0 Å². The van der Waals surface area contributed by atoms with Gasteiger partial charge in [0.1, 0.15) is 0 Å². The number of para-hydroxylation sites is 1. The van der Waals surface area contributed by atoms with Crippen molar-refractivity contribution < 1.29 is 19.4 Å². The molecule has 0 saturated carbocycles. The lowest BCUT2D eigenvalue weighted by molar-refractivity contribution is -0.143. The van der Waals surface area contributed by atoms with Gasteiger partial charge in [0.2, 0.25) is 0 Å². The lowest BCUT2D eigenvalue weighted by Gasteiger charge is -2.30. The molecule has 1 aromatic rings. The molecule has 5 heteroatoms. The predicted octanol–water partition coefficient (Wildman–Crippen LogP) is 3.42. The molecule has 1 saturated heterocycles. The van der Waals surface area contributed by atoms with E-state index in [1.54, 1.807) is 7.11 Å². The number of carboxylic acids is 1. The topological polar surface area (TPSA) is 59.0 Å². The van der Waals surface area contributed by atoms with E-state index >= 15 is 0 Å². The number of piperidine rings is 1. The summed E-state index contributed by atoms with van der Waals surface area (Å²) in [5.41, 5.74) is 1.10. The van der Waals surface area contributed by atoms with Crippen molar-refractivity contribution >= 4 is 5.97 Å². The van der Waals surface area contributed by atoms with E-state index in [1.807, 2.05) is 12.1 Å². The van der Waals surface area contributed by atoms with E-state index in [0.29, 0.717) is 25.4 Å². The van der Waals surface area contributed by atoms with Gasteiger partial charge >= 0.3 is 5.97 Å². The van der Waals surface area contributed by atoms with Crippen LogP contribution < -0.4 is 9.47 Å². The minimum Gasteiger partial charge on any atom is -0.493 e. The second kappa shape index (κ2) is 8.92. The van der Waals surface area contributed by atoms with Gasteiger partial charge in [0.15, 0.2) is 11.5 Å². The summed E-state index contributed by atoms with van der Waals surface area (Å²) in [5, 5.41) is 9.11. The molecule has 1 fully saturated rings. The summed E-state index contributed by atoms with van der Waals surface area (Å²) in [6, 6.07) is 5.97. The van der Waals surface area contributed by atoms with Gasteiger partial charge in [-0.15, -0.1) is 0 Å². The first-order chi connectivity index (χ1) is 11.5. The molecule has 1 heterocycles. The van der Waals surface area contributed by atoms with E-state index in [2.05, 4.69) is 24.8 Å². The molecular weight excluding hydrogens is 306 g/mol. The van der Waals surface area contributed by atoms with E-state index in [4.69, 9.17) is 14.6 Å². The van der Waals surface area contributed by atoms with Crippen LogP contribution in [0, 0.1) is 11.8 Å². The van der Waals surface area contributed by atoms with Crippen molar-refractivity contribution in [2.24, 2.45) is 11.8 Å². The molecular formula is C19H29NO4. The van der Waals surface area contributed by atoms with Crippen LogP contribution in [0.3, 0.4) is 0 Å². The lowest BCUT2D eigenvalue weighted by Crippen LogP contribution is -2.35. The molecule has 0 radical (unpaired) electrons. The quantitative estimate of drug-likeness (QED) is 0.789. The third-order valence-electron chi connectivity index (χ3n) is 4.55. The van der Waals surface area contributed by atoms with Crippen LogP contribution in [0.25, 0.3) is 0 Å². The smallest absolute Gasteiger partial charge is 0.306 e. The van der Waals surface area contributed by atoms with E-state index < -0.39 is 5.97 Å². The average molecular weight is 335 g/mol. The zero-order valence-corrected chi connectivity index (χ0v) is 15.0. The van der Waals surface area contributed by atoms with Gasteiger partial charge in [-0.3, -0.25) is 9.69 Å². The monoisotopic (exact) mass is 335 g/mol. The molecule has 0 unspecified atom stereocenters. The first kappa shape index (κ1) is 18.6. The number of rotatable bonds is 8. The highest BCUT2D eigenvalue weighted by atomic mass is 16.5. The number of benzene rings is 1. The molecule has 1 aliphatic heterocycles. The standard InChI is InChI=1S/C19H29NO4/c1-14(2)9-12-24-18-16(5-4-6-17(18)23-3)13-20-10-7-15(8-11-20)19(21)22/h4-6,14-15H,7-13H2,1-3H3,(H,21,22). The van der Waals surface area contributed by atoms with Crippen molar-refractivity contribution in [1.82, 2.24) is 4.90 Å². The Morgan fingerprint density at radius 2 is 2.04 bits per heavy atom. The van der Waals surface area contributed by atoms with E-state index in [1.165, 1.54) is 0 Å². The van der Waals surface area contributed by atoms with Crippen molar-refractivity contribution in [1.29, 1.82) is 0 Å². The number of ether oxygens (including phenoxy) is 2. The first-order valence-electron chi connectivity index (χ1n) is 8.75. The van der Waals surface area contributed by atoms with Crippen molar-refractivity contribution in [3.8, 4) is 11.5 Å². The molecule has 0 atom stereocenters. The van der Waals surface area contributed by atoms with Gasteiger partial charge in [0.25, 0.3) is 0 Å². The third kappa shape index (κ3) is 5.13. The molecule has 1 aromatic carbocycles. The Morgan fingerprint density at radius 1 is 1.33 bits per heavy atom. The van der Waals surface area contributed by atoms with Gasteiger partial charge in [-0.25, -0.2) is 0 Å². The third-order valence-corrected chi connectivity index (χ3v) is 4.55. The van der Waals surface area contributed by atoms with E-state index in [-0.39, 0.29) is 5.92 Å². The van der Waals surface area contributed by atoms with Crippen molar-refractivity contribution in [2.45, 2.75) is 39.7 Å². The Balaban J connectivity index is 2.02. The maximum atomic E-state index is 11.1. The number of carbonyl (C=O) groups is 1. The van der Waals surface area contributed by atoms with Crippen molar-refractivity contribution in [3.63, 3.8) is 0 Å². The highest BCUT2D eigenvalue weighted by molar-refractivity contribution is 5.70. The number of nitrogens with zero attached hydrogens (tertiary/aromatic N) is 1. The summed E-state index contributed by atoms with van der Waals surface area (Å²) >= 11 is 0. The van der Waals surface area contributed by atoms with Gasteiger partial charge < -0.3 is 14.6 Å². The maximum Gasteiger partial charge on any atom is 0.306 e. The van der Waals surface area contributed by atoms with Gasteiger partial charge in [-0.05, 0) is 44.3 Å². The Hall–Kier alpha value is -1.75. The summed E-state index contributed by atoms with van der Waals surface area (Å²) in [4.78, 5) is 13.4. The molecule has 1 aliphatic rings. The Labute approximate surface area is 144 Å². The Kier molecular flexibility index (Phi) is 6.91. The molecule has 134 valence electrons. The fourth-order valence-corrected chi connectivity index (χ4v) is 2.99. The minimum atomic E-state index is -0.672. The van der Waals surface area contributed by atoms with Gasteiger partial charge in [0.05, 0.1) is 19.6 Å². The van der Waals surface area contributed by atoms with E-state index in [9.17, 15) is 4.79 Å². The van der Waals surface area contributed by atoms with Crippen LogP contribution in [0.1, 0.15) is 38.7 Å². The highest BCUT2D eigenvalue weighted by Crippen LogP contribution is 2.33. The minimum absolute atomic E-state index is 0.201. The first-order valence-corrected chi connectivity index (χ1v) is 8.75. The van der Waals surface area contributed by atoms with Crippen LogP contribution in [0.5, 0.6) is 11.5 Å². The van der Waals surface area contributed by atoms with Crippen molar-refractivity contribution in [3.05, 3.63) is 23.8 Å². The molecule has 0 amide bonds. The zero-order valence-electron chi connectivity index (χ0n) is 15.0. The number of hydrogen-bond acceptors (Lipinski definition) is 4. The number of aliphatic carboxylic acids is 1. The second-order valence-electron chi connectivity index (χ2n) is 6.87. The second-order valence-corrected chi connectivity index (χ2v) is 6.87. The average Bonchev–Trinajstić information content (AvgIpc) is 2.56. The van der Waals surface area contributed by atoms with Crippen LogP contribution >= 0.6 is 0 Å². The summed E-state index contributed by atoms with van der Waals surface area (Å²) < 4.78 is 11.5. The fourth-order valence-electron chi connectivity index (χ4n) is 2.99. The molecule has 0 aliphatic carbocycles. The summed E-state index contributed by atoms with van der Waals surface area (Å²) in [5.74, 6) is 1.30. The Morgan fingerprint density at radius 3 is 2.62 bits per heavy atom. The number of likely N-dealkylation sites (tertiary alicyclic amines) is 1. The molecule has 2 rings (SSSR count). The summed E-state index contributed by atoms with van der Waals surface area (Å²) in [6.07, 6.45) is 2.42. The van der Waals surface area contributed by atoms with Crippen LogP contribution in [-0.4, -0.2) is 42.8 Å². The van der Waals surface area contributed by atoms with Crippen LogP contribution in [0.4, 0.5) is 0 Å². The maximum absolute atomic E-state index is 11.1. The fraction of sp³-hybridized carbons (Fsp3) is 0.632. The predicted molar refractivity (Wildman–Crippen MR) is 93.6 cm³/mol. The normalized spacial score (nSPS) is 16.3. The lowest BCUT2D eigenvalue weighted by atomic mass is 9.97. The molecule has 1 N–H and O–H groups in total. The summed E-state index contributed by atoms with van der Waals surface area (Å²) in [6.45, 7) is 7.41. The van der Waals surface area contributed by atoms with Crippen LogP contribution in [0.15, 0.2) is 18.2 Å². The zero-order chi connectivity index (χ0) is 17.5. The van der Waals surface area contributed by atoms with Crippen LogP contribution in [-0.2, 0) is 11.3 Å². The van der Waals surface area contributed by atoms with Crippen molar-refractivity contribution in [2.75, 3.05) is 26.8 Å². The largest absolute Gasteiger partial charge is 0.493 e. The van der Waals surface area contributed by atoms with Gasteiger partial charge in [0, 0.05) is 12.1 Å². The highest BCUT2D eigenvalue weighted by Gasteiger charge is 2.25. The van der Waals surface area contributed by atoms with Gasteiger partial charge in [-0.2, -0.15) is 0 Å².